The largest absolute Gasteiger partial charge is 0.444 e. The molecule has 1 fully saturated rings. The predicted octanol–water partition coefficient (Wildman–Crippen LogP) is 3.72. The third-order valence-corrected chi connectivity index (χ3v) is 4.21. The average molecular weight is 367 g/mol. The van der Waals surface area contributed by atoms with Crippen molar-refractivity contribution >= 4 is 23.4 Å². The number of amides is 1. The Morgan fingerprint density at radius 3 is 2.72 bits per heavy atom. The first kappa shape index (κ1) is 17.5. The first-order valence-electron chi connectivity index (χ1n) is 7.91. The van der Waals surface area contributed by atoms with E-state index in [0.717, 1.165) is 0 Å². The number of nitrogen functional groups attached to an aromatic ring is 1. The fraction of sp³-hybridized carbons (Fsp3) is 0.412. The second kappa shape index (κ2) is 6.22. The van der Waals surface area contributed by atoms with Crippen molar-refractivity contribution in [2.45, 2.75) is 32.4 Å². The molecule has 1 aliphatic heterocycles. The zero-order chi connectivity index (χ0) is 18.4. The number of benzene rings is 1. The molecule has 0 radical (unpaired) electrons. The van der Waals surface area contributed by atoms with Gasteiger partial charge in [0.2, 0.25) is 0 Å². The van der Waals surface area contributed by atoms with Crippen LogP contribution in [-0.2, 0) is 4.74 Å². The van der Waals surface area contributed by atoms with E-state index in [0.29, 0.717) is 29.9 Å². The van der Waals surface area contributed by atoms with Gasteiger partial charge < -0.3 is 15.4 Å². The van der Waals surface area contributed by atoms with Crippen LogP contribution < -0.4 is 5.73 Å². The van der Waals surface area contributed by atoms with E-state index in [1.54, 1.807) is 22.0 Å². The van der Waals surface area contributed by atoms with E-state index in [1.807, 2.05) is 20.8 Å². The average Bonchev–Trinajstić information content (AvgIpc) is 2.88. The van der Waals surface area contributed by atoms with Gasteiger partial charge in [-0.15, -0.1) is 0 Å². The number of anilines is 1. The van der Waals surface area contributed by atoms with E-state index in [9.17, 15) is 9.18 Å². The molecular formula is C17H20ClFN4O2. The number of likely N-dealkylation sites (tertiary alicyclic amines) is 1. The standard InChI is InChI=1S/C17H20ClFN4O2/c1-17(2,3)25-16(24)22-8-11(9-22)23-7-10(6-21-23)12-4-15(20)13(18)5-14(12)19/h4-7,11H,8-9,20H2,1-3H3. The lowest BCUT2D eigenvalue weighted by Crippen LogP contribution is -2.52. The van der Waals surface area contributed by atoms with Crippen molar-refractivity contribution in [3.8, 4) is 11.1 Å². The van der Waals surface area contributed by atoms with E-state index in [4.69, 9.17) is 22.1 Å². The monoisotopic (exact) mass is 366 g/mol. The number of carbonyl (C=O) groups is 1. The fourth-order valence-electron chi connectivity index (χ4n) is 2.56. The zero-order valence-corrected chi connectivity index (χ0v) is 15.0. The van der Waals surface area contributed by atoms with Crippen molar-refractivity contribution in [3.63, 3.8) is 0 Å². The zero-order valence-electron chi connectivity index (χ0n) is 14.3. The van der Waals surface area contributed by atoms with Gasteiger partial charge in [-0.1, -0.05) is 11.6 Å². The lowest BCUT2D eigenvalue weighted by atomic mass is 10.1. The highest BCUT2D eigenvalue weighted by Crippen LogP contribution is 2.31. The Balaban J connectivity index is 1.68. The summed E-state index contributed by atoms with van der Waals surface area (Å²) in [6.45, 7) is 6.49. The van der Waals surface area contributed by atoms with Gasteiger partial charge in [-0.25, -0.2) is 9.18 Å². The van der Waals surface area contributed by atoms with Gasteiger partial charge in [0.05, 0.1) is 22.9 Å². The number of carbonyl (C=O) groups excluding carboxylic acids is 1. The molecule has 0 unspecified atom stereocenters. The van der Waals surface area contributed by atoms with Crippen LogP contribution in [0.5, 0.6) is 0 Å². The Kier molecular flexibility index (Phi) is 4.36. The number of nitrogens with two attached hydrogens (primary N) is 1. The summed E-state index contributed by atoms with van der Waals surface area (Å²) in [7, 11) is 0. The molecular weight excluding hydrogens is 347 g/mol. The lowest BCUT2D eigenvalue weighted by molar-refractivity contribution is -0.000380. The molecule has 134 valence electrons. The number of nitrogens with zero attached hydrogens (tertiary/aromatic N) is 3. The molecule has 8 heteroatoms. The van der Waals surface area contributed by atoms with Crippen molar-refractivity contribution in [2.75, 3.05) is 18.8 Å². The smallest absolute Gasteiger partial charge is 0.410 e. The maximum absolute atomic E-state index is 14.1. The first-order chi connectivity index (χ1) is 11.6. The van der Waals surface area contributed by atoms with Crippen LogP contribution in [0.4, 0.5) is 14.9 Å². The summed E-state index contributed by atoms with van der Waals surface area (Å²) >= 11 is 5.82. The summed E-state index contributed by atoms with van der Waals surface area (Å²) in [5, 5.41) is 4.45. The van der Waals surface area contributed by atoms with Gasteiger partial charge in [-0.2, -0.15) is 5.10 Å². The second-order valence-electron chi connectivity index (χ2n) is 7.10. The SMILES string of the molecule is CC(C)(C)OC(=O)N1CC(n2cc(-c3cc(N)c(Cl)cc3F)cn2)C1. The van der Waals surface area contributed by atoms with E-state index in [-0.39, 0.29) is 17.2 Å². The molecule has 25 heavy (non-hydrogen) atoms. The maximum atomic E-state index is 14.1. The van der Waals surface area contributed by atoms with Crippen molar-refractivity contribution in [1.82, 2.24) is 14.7 Å². The van der Waals surface area contributed by atoms with Crippen molar-refractivity contribution < 1.29 is 13.9 Å². The molecule has 3 rings (SSSR count). The minimum Gasteiger partial charge on any atom is -0.444 e. The molecule has 6 nitrogen and oxygen atoms in total. The van der Waals surface area contributed by atoms with Gasteiger partial charge in [-0.05, 0) is 32.9 Å². The fourth-order valence-corrected chi connectivity index (χ4v) is 2.71. The number of hydrogen-bond donors (Lipinski definition) is 1. The third-order valence-electron chi connectivity index (χ3n) is 3.89. The molecule has 0 aliphatic carbocycles. The highest BCUT2D eigenvalue weighted by molar-refractivity contribution is 6.33. The molecule has 1 aromatic carbocycles. The Morgan fingerprint density at radius 2 is 2.08 bits per heavy atom. The summed E-state index contributed by atoms with van der Waals surface area (Å²) in [5.74, 6) is -0.456. The quantitative estimate of drug-likeness (QED) is 0.822. The van der Waals surface area contributed by atoms with Crippen LogP contribution >= 0.6 is 11.6 Å². The van der Waals surface area contributed by atoms with Gasteiger partial charge in [0, 0.05) is 30.4 Å². The molecule has 2 heterocycles. The minimum atomic E-state index is -0.521. The highest BCUT2D eigenvalue weighted by Gasteiger charge is 2.35. The van der Waals surface area contributed by atoms with Crippen LogP contribution in [0.25, 0.3) is 11.1 Å². The molecule has 0 saturated carbocycles. The number of ether oxygens (including phenoxy) is 1. The van der Waals surface area contributed by atoms with Crippen molar-refractivity contribution in [2.24, 2.45) is 0 Å². The van der Waals surface area contributed by atoms with Gasteiger partial charge >= 0.3 is 6.09 Å². The normalized spacial score (nSPS) is 15.2. The number of halogens is 2. The number of aromatic nitrogens is 2. The summed E-state index contributed by atoms with van der Waals surface area (Å²) in [5.41, 5.74) is 6.49. The Hall–Kier alpha value is -2.28. The molecule has 0 spiro atoms. The molecule has 2 N–H and O–H groups in total. The Morgan fingerprint density at radius 1 is 1.40 bits per heavy atom. The van der Waals surface area contributed by atoms with Crippen LogP contribution in [0.1, 0.15) is 26.8 Å². The van der Waals surface area contributed by atoms with Crippen molar-refractivity contribution in [1.29, 1.82) is 0 Å². The Labute approximate surface area is 150 Å². The minimum absolute atomic E-state index is 0.0361. The summed E-state index contributed by atoms with van der Waals surface area (Å²) in [6.07, 6.45) is 2.97. The number of rotatable bonds is 2. The van der Waals surface area contributed by atoms with E-state index >= 15 is 0 Å². The molecule has 1 amide bonds. The van der Waals surface area contributed by atoms with Gasteiger partial charge in [0.15, 0.2) is 0 Å². The molecule has 1 saturated heterocycles. The van der Waals surface area contributed by atoms with Crippen LogP contribution in [0, 0.1) is 5.82 Å². The van der Waals surface area contributed by atoms with Gasteiger partial charge in [-0.3, -0.25) is 4.68 Å². The van der Waals surface area contributed by atoms with Crippen LogP contribution in [-0.4, -0.2) is 39.5 Å². The van der Waals surface area contributed by atoms with E-state index in [1.165, 1.54) is 12.1 Å². The van der Waals surface area contributed by atoms with Crippen LogP contribution in [0.2, 0.25) is 5.02 Å². The summed E-state index contributed by atoms with van der Waals surface area (Å²) in [4.78, 5) is 13.6. The highest BCUT2D eigenvalue weighted by atomic mass is 35.5. The molecule has 0 atom stereocenters. The summed E-state index contributed by atoms with van der Waals surface area (Å²) in [6, 6.07) is 2.72. The number of hydrogen-bond acceptors (Lipinski definition) is 4. The van der Waals surface area contributed by atoms with Crippen molar-refractivity contribution in [3.05, 3.63) is 35.4 Å². The molecule has 2 aromatic rings. The second-order valence-corrected chi connectivity index (χ2v) is 7.51. The molecule has 1 aromatic heterocycles. The van der Waals surface area contributed by atoms with E-state index in [2.05, 4.69) is 5.10 Å². The van der Waals surface area contributed by atoms with E-state index < -0.39 is 11.4 Å². The lowest BCUT2D eigenvalue weighted by Gasteiger charge is -2.39. The predicted molar refractivity (Wildman–Crippen MR) is 93.9 cm³/mol. The molecule has 1 aliphatic rings. The summed E-state index contributed by atoms with van der Waals surface area (Å²) < 4.78 is 21.1. The first-order valence-corrected chi connectivity index (χ1v) is 8.29. The Bertz CT molecular complexity index is 809. The third kappa shape index (κ3) is 3.71. The van der Waals surface area contributed by atoms with Gasteiger partial charge in [0.1, 0.15) is 11.4 Å². The molecule has 0 bridgehead atoms. The van der Waals surface area contributed by atoms with Gasteiger partial charge in [0.25, 0.3) is 0 Å². The van der Waals surface area contributed by atoms with Crippen LogP contribution in [0.3, 0.4) is 0 Å². The maximum Gasteiger partial charge on any atom is 0.410 e. The van der Waals surface area contributed by atoms with Crippen LogP contribution in [0.15, 0.2) is 24.5 Å². The topological polar surface area (TPSA) is 73.4 Å².